The first kappa shape index (κ1) is 9.15. The average Bonchev–Trinajstić information content (AvgIpc) is 1.89. The highest BCUT2D eigenvalue weighted by atomic mass is 14.6. The third-order valence-electron chi connectivity index (χ3n) is 1.29. The average molecular weight is 137 g/mol. The van der Waals surface area contributed by atoms with Gasteiger partial charge in [-0.3, -0.25) is 4.99 Å². The predicted octanol–water partition coefficient (Wildman–Crippen LogP) is 2.46. The second kappa shape index (κ2) is 4.04. The van der Waals surface area contributed by atoms with Gasteiger partial charge in [0.25, 0.3) is 0 Å². The lowest BCUT2D eigenvalue weighted by molar-refractivity contribution is 0.628. The molecule has 0 saturated carbocycles. The fourth-order valence-corrected chi connectivity index (χ4v) is 0.445. The van der Waals surface area contributed by atoms with Crippen molar-refractivity contribution in [3.63, 3.8) is 0 Å². The molecule has 0 amide bonds. The van der Waals surface area contributed by atoms with Crippen molar-refractivity contribution in [3.8, 4) is 0 Å². The number of hydrogen-bond donors (Lipinski definition) is 0. The molecule has 0 bridgehead atoms. The van der Waals surface area contributed by atoms with Crippen LogP contribution in [0.1, 0.15) is 13.8 Å². The predicted molar refractivity (Wildman–Crippen MR) is 47.5 cm³/mol. The summed E-state index contributed by atoms with van der Waals surface area (Å²) in [5.41, 5.74) is 0.0845. The smallest absolute Gasteiger partial charge is 0.0277 e. The van der Waals surface area contributed by atoms with Gasteiger partial charge in [-0.15, -0.1) is 6.58 Å². The molecule has 0 heterocycles. The van der Waals surface area contributed by atoms with Gasteiger partial charge in [0.2, 0.25) is 0 Å². The number of hydrogen-bond acceptors (Lipinski definition) is 1. The summed E-state index contributed by atoms with van der Waals surface area (Å²) in [6.45, 7) is 7.91. The van der Waals surface area contributed by atoms with E-state index in [9.17, 15) is 0 Å². The molecule has 0 spiro atoms. The maximum absolute atomic E-state index is 3.83. The molecular weight excluding hydrogens is 122 g/mol. The fourth-order valence-electron chi connectivity index (χ4n) is 0.445. The topological polar surface area (TPSA) is 12.4 Å². The minimum atomic E-state index is 0.0845. The van der Waals surface area contributed by atoms with E-state index in [1.807, 2.05) is 12.2 Å². The summed E-state index contributed by atoms with van der Waals surface area (Å²) in [5, 5.41) is 0. The van der Waals surface area contributed by atoms with Crippen LogP contribution < -0.4 is 0 Å². The molecule has 0 aromatic heterocycles. The van der Waals surface area contributed by atoms with E-state index in [1.54, 1.807) is 13.3 Å². The van der Waals surface area contributed by atoms with Crippen LogP contribution >= 0.6 is 0 Å². The quantitative estimate of drug-likeness (QED) is 0.418. The summed E-state index contributed by atoms with van der Waals surface area (Å²) in [6.07, 6.45) is 7.67. The molecule has 0 aromatic rings. The molecule has 0 saturated heterocycles. The van der Waals surface area contributed by atoms with E-state index in [4.69, 9.17) is 0 Å². The summed E-state index contributed by atoms with van der Waals surface area (Å²) in [5.74, 6) is 0. The number of aliphatic imine (C=N–C) groups is 1. The maximum atomic E-state index is 3.83. The Labute approximate surface area is 63.2 Å². The Hall–Kier alpha value is -0.850. The van der Waals surface area contributed by atoms with Crippen LogP contribution in [0, 0.1) is 5.41 Å². The first-order valence-electron chi connectivity index (χ1n) is 3.36. The van der Waals surface area contributed by atoms with Crippen molar-refractivity contribution < 1.29 is 0 Å². The van der Waals surface area contributed by atoms with Crippen molar-refractivity contribution in [2.24, 2.45) is 10.4 Å². The van der Waals surface area contributed by atoms with Gasteiger partial charge in [-0.05, 0) is 6.08 Å². The van der Waals surface area contributed by atoms with Gasteiger partial charge in [-0.2, -0.15) is 0 Å². The van der Waals surface area contributed by atoms with E-state index in [2.05, 4.69) is 31.5 Å². The van der Waals surface area contributed by atoms with E-state index >= 15 is 0 Å². The van der Waals surface area contributed by atoms with Gasteiger partial charge in [0.1, 0.15) is 0 Å². The zero-order chi connectivity index (χ0) is 8.04. The molecule has 0 N–H and O–H groups in total. The first-order chi connectivity index (χ1) is 4.62. The normalized spacial score (nSPS) is 13.1. The summed E-state index contributed by atoms with van der Waals surface area (Å²) < 4.78 is 0. The number of allylic oxidation sites excluding steroid dienone is 3. The van der Waals surface area contributed by atoms with Crippen LogP contribution in [0.2, 0.25) is 0 Å². The van der Waals surface area contributed by atoms with Crippen LogP contribution in [-0.2, 0) is 0 Å². The molecular formula is C9H15N. The summed E-state index contributed by atoms with van der Waals surface area (Å²) in [4.78, 5) is 3.83. The molecule has 0 aliphatic carbocycles. The highest BCUT2D eigenvalue weighted by molar-refractivity contribution is 5.70. The highest BCUT2D eigenvalue weighted by Crippen LogP contribution is 2.16. The minimum Gasteiger partial charge on any atom is -0.297 e. The van der Waals surface area contributed by atoms with Crippen LogP contribution in [0.15, 0.2) is 29.8 Å². The number of rotatable bonds is 3. The van der Waals surface area contributed by atoms with E-state index in [0.29, 0.717) is 0 Å². The molecule has 1 nitrogen and oxygen atoms in total. The Morgan fingerprint density at radius 2 is 2.00 bits per heavy atom. The van der Waals surface area contributed by atoms with Gasteiger partial charge in [0.15, 0.2) is 0 Å². The van der Waals surface area contributed by atoms with Gasteiger partial charge in [-0.1, -0.05) is 26.0 Å². The van der Waals surface area contributed by atoms with Gasteiger partial charge >= 0.3 is 0 Å². The Bertz CT molecular complexity index is 152. The molecule has 0 aromatic carbocycles. The van der Waals surface area contributed by atoms with Crippen molar-refractivity contribution in [1.82, 2.24) is 0 Å². The SMILES string of the molecule is C=CC(C)(C)/C=C\C=NC. The lowest BCUT2D eigenvalue weighted by atomic mass is 9.94. The van der Waals surface area contributed by atoms with Crippen LogP contribution in [0.3, 0.4) is 0 Å². The highest BCUT2D eigenvalue weighted by Gasteiger charge is 2.05. The molecule has 0 aliphatic rings. The molecule has 10 heavy (non-hydrogen) atoms. The van der Waals surface area contributed by atoms with Crippen LogP contribution in [0.25, 0.3) is 0 Å². The lowest BCUT2D eigenvalue weighted by Gasteiger charge is -2.11. The molecule has 56 valence electrons. The molecule has 0 unspecified atom stereocenters. The Morgan fingerprint density at radius 1 is 1.40 bits per heavy atom. The summed E-state index contributed by atoms with van der Waals surface area (Å²) >= 11 is 0. The van der Waals surface area contributed by atoms with E-state index in [-0.39, 0.29) is 5.41 Å². The van der Waals surface area contributed by atoms with Crippen molar-refractivity contribution >= 4 is 6.21 Å². The zero-order valence-electron chi connectivity index (χ0n) is 6.96. The van der Waals surface area contributed by atoms with Crippen LogP contribution in [0.4, 0.5) is 0 Å². The van der Waals surface area contributed by atoms with Crippen molar-refractivity contribution in [2.75, 3.05) is 7.05 Å². The Morgan fingerprint density at radius 3 is 2.40 bits per heavy atom. The second-order valence-corrected chi connectivity index (χ2v) is 2.79. The molecule has 0 radical (unpaired) electrons. The van der Waals surface area contributed by atoms with Gasteiger partial charge < -0.3 is 0 Å². The Kier molecular flexibility index (Phi) is 3.70. The third-order valence-corrected chi connectivity index (χ3v) is 1.29. The molecule has 0 atom stereocenters. The van der Waals surface area contributed by atoms with E-state index in [0.717, 1.165) is 0 Å². The minimum absolute atomic E-state index is 0.0845. The lowest BCUT2D eigenvalue weighted by Crippen LogP contribution is -2.00. The van der Waals surface area contributed by atoms with Crippen LogP contribution in [0.5, 0.6) is 0 Å². The van der Waals surface area contributed by atoms with Gasteiger partial charge in [0.05, 0.1) is 0 Å². The van der Waals surface area contributed by atoms with Crippen LogP contribution in [-0.4, -0.2) is 13.3 Å². The van der Waals surface area contributed by atoms with Crippen molar-refractivity contribution in [2.45, 2.75) is 13.8 Å². The maximum Gasteiger partial charge on any atom is 0.0277 e. The summed E-state index contributed by atoms with van der Waals surface area (Å²) in [6, 6.07) is 0. The van der Waals surface area contributed by atoms with E-state index < -0.39 is 0 Å². The third kappa shape index (κ3) is 4.07. The molecule has 0 rings (SSSR count). The van der Waals surface area contributed by atoms with E-state index in [1.165, 1.54) is 0 Å². The Balaban J connectivity index is 3.98. The zero-order valence-corrected chi connectivity index (χ0v) is 6.96. The van der Waals surface area contributed by atoms with Crippen molar-refractivity contribution in [3.05, 3.63) is 24.8 Å². The molecule has 0 aliphatic heterocycles. The fraction of sp³-hybridized carbons (Fsp3) is 0.444. The monoisotopic (exact) mass is 137 g/mol. The standard InChI is InChI=1S/C9H15N/c1-5-9(2,3)7-6-8-10-4/h5-8H,1H2,2-4H3/b7-6-,10-8?. The molecule has 0 fully saturated rings. The molecule has 1 heteroatoms. The van der Waals surface area contributed by atoms with Gasteiger partial charge in [-0.25, -0.2) is 0 Å². The van der Waals surface area contributed by atoms with Gasteiger partial charge in [0, 0.05) is 18.7 Å². The van der Waals surface area contributed by atoms with Crippen molar-refractivity contribution in [1.29, 1.82) is 0 Å². The first-order valence-corrected chi connectivity index (χ1v) is 3.36. The number of nitrogens with zero attached hydrogens (tertiary/aromatic N) is 1. The second-order valence-electron chi connectivity index (χ2n) is 2.79. The summed E-state index contributed by atoms with van der Waals surface area (Å²) in [7, 11) is 1.76. The largest absolute Gasteiger partial charge is 0.297 e.